The van der Waals surface area contributed by atoms with Crippen LogP contribution in [0.15, 0.2) is 71.5 Å². The van der Waals surface area contributed by atoms with E-state index >= 15 is 0 Å². The van der Waals surface area contributed by atoms with Gasteiger partial charge < -0.3 is 14.5 Å². The third kappa shape index (κ3) is 3.57. The summed E-state index contributed by atoms with van der Waals surface area (Å²) in [6, 6.07) is 16.6. The molecule has 0 saturated heterocycles. The second-order valence-electron chi connectivity index (χ2n) is 6.13. The quantitative estimate of drug-likeness (QED) is 0.548. The summed E-state index contributed by atoms with van der Waals surface area (Å²) in [6.45, 7) is 2.73. The summed E-state index contributed by atoms with van der Waals surface area (Å²) >= 11 is 0. The molecule has 0 unspecified atom stereocenters. The number of hydrogen-bond acceptors (Lipinski definition) is 5. The predicted octanol–water partition coefficient (Wildman–Crippen LogP) is 4.22. The zero-order chi connectivity index (χ0) is 19.3. The monoisotopic (exact) mass is 373 g/mol. The molecule has 140 valence electrons. The maximum Gasteiger partial charge on any atom is 0.252 e. The van der Waals surface area contributed by atoms with Gasteiger partial charge in [0.1, 0.15) is 5.69 Å². The van der Waals surface area contributed by atoms with E-state index in [1.165, 1.54) is 0 Å². The molecule has 0 aliphatic rings. The van der Waals surface area contributed by atoms with Crippen LogP contribution >= 0.6 is 0 Å². The van der Waals surface area contributed by atoms with Gasteiger partial charge in [-0.15, -0.1) is 0 Å². The number of rotatable bonds is 6. The van der Waals surface area contributed by atoms with Crippen LogP contribution in [0.3, 0.4) is 0 Å². The van der Waals surface area contributed by atoms with Gasteiger partial charge in [-0.3, -0.25) is 4.79 Å². The molecular formula is C22H19N3O3. The first-order valence-electron chi connectivity index (χ1n) is 9.05. The average molecular weight is 373 g/mol. The van der Waals surface area contributed by atoms with Crippen LogP contribution in [0.5, 0.6) is 5.88 Å². The van der Waals surface area contributed by atoms with Crippen molar-refractivity contribution in [3.63, 3.8) is 0 Å². The van der Waals surface area contributed by atoms with E-state index in [2.05, 4.69) is 15.3 Å². The van der Waals surface area contributed by atoms with Crippen LogP contribution in [-0.4, -0.2) is 22.5 Å². The number of nitrogens with zero attached hydrogens (tertiary/aromatic N) is 2. The van der Waals surface area contributed by atoms with E-state index in [1.54, 1.807) is 24.6 Å². The summed E-state index contributed by atoms with van der Waals surface area (Å²) in [4.78, 5) is 21.8. The van der Waals surface area contributed by atoms with E-state index in [0.29, 0.717) is 36.0 Å². The minimum absolute atomic E-state index is 0.197. The Hall–Kier alpha value is -3.67. The first-order valence-corrected chi connectivity index (χ1v) is 9.05. The lowest BCUT2D eigenvalue weighted by Gasteiger charge is -2.12. The fourth-order valence-corrected chi connectivity index (χ4v) is 3.01. The molecule has 0 aliphatic carbocycles. The molecule has 1 aromatic carbocycles. The molecule has 1 N–H and O–H groups in total. The molecule has 3 aromatic heterocycles. The number of carbonyl (C=O) groups is 1. The SMILES string of the molecule is CCOc1ncccc1CNC(=O)c1cc(-c2ccco2)nc2ccccc12. The van der Waals surface area contributed by atoms with Crippen LogP contribution < -0.4 is 10.1 Å². The zero-order valence-corrected chi connectivity index (χ0v) is 15.4. The van der Waals surface area contributed by atoms with E-state index in [1.807, 2.05) is 49.4 Å². The van der Waals surface area contributed by atoms with Crippen LogP contribution in [0, 0.1) is 0 Å². The van der Waals surface area contributed by atoms with E-state index in [0.717, 1.165) is 16.5 Å². The first-order chi connectivity index (χ1) is 13.8. The molecule has 4 aromatic rings. The van der Waals surface area contributed by atoms with E-state index < -0.39 is 0 Å². The van der Waals surface area contributed by atoms with Crippen molar-refractivity contribution in [2.45, 2.75) is 13.5 Å². The zero-order valence-electron chi connectivity index (χ0n) is 15.4. The molecular weight excluding hydrogens is 354 g/mol. The van der Waals surface area contributed by atoms with Gasteiger partial charge in [-0.05, 0) is 37.3 Å². The van der Waals surface area contributed by atoms with Crippen LogP contribution in [0.25, 0.3) is 22.4 Å². The third-order valence-electron chi connectivity index (χ3n) is 4.30. The van der Waals surface area contributed by atoms with Gasteiger partial charge in [0.25, 0.3) is 5.91 Å². The highest BCUT2D eigenvalue weighted by Crippen LogP contribution is 2.25. The number of nitrogens with one attached hydrogen (secondary N) is 1. The normalized spacial score (nSPS) is 10.8. The molecule has 1 amide bonds. The molecule has 0 saturated carbocycles. The van der Waals surface area contributed by atoms with E-state index in [9.17, 15) is 4.79 Å². The number of hydrogen-bond donors (Lipinski definition) is 1. The van der Waals surface area contributed by atoms with Crippen molar-refractivity contribution in [3.8, 4) is 17.3 Å². The highest BCUT2D eigenvalue weighted by molar-refractivity contribution is 6.07. The Bertz CT molecular complexity index is 1110. The highest BCUT2D eigenvalue weighted by Gasteiger charge is 2.15. The lowest BCUT2D eigenvalue weighted by molar-refractivity contribution is 0.0952. The number of pyridine rings is 2. The highest BCUT2D eigenvalue weighted by atomic mass is 16.5. The van der Waals surface area contributed by atoms with Crippen LogP contribution in [-0.2, 0) is 6.54 Å². The number of fused-ring (bicyclic) bond motifs is 1. The molecule has 0 aliphatic heterocycles. The number of amides is 1. The number of ether oxygens (including phenoxy) is 1. The number of para-hydroxylation sites is 1. The Balaban J connectivity index is 1.66. The smallest absolute Gasteiger partial charge is 0.252 e. The van der Waals surface area contributed by atoms with Crippen LogP contribution in [0.2, 0.25) is 0 Å². The molecule has 0 spiro atoms. The summed E-state index contributed by atoms with van der Waals surface area (Å²) in [6.07, 6.45) is 3.26. The lowest BCUT2D eigenvalue weighted by Crippen LogP contribution is -2.23. The van der Waals surface area contributed by atoms with Crippen LogP contribution in [0.1, 0.15) is 22.8 Å². The first kappa shape index (κ1) is 17.7. The summed E-state index contributed by atoms with van der Waals surface area (Å²) in [5.41, 5.74) is 2.71. The number of benzene rings is 1. The van der Waals surface area contributed by atoms with Gasteiger partial charge in [0.2, 0.25) is 5.88 Å². The second-order valence-corrected chi connectivity index (χ2v) is 6.13. The Morgan fingerprint density at radius 3 is 2.86 bits per heavy atom. The molecule has 3 heterocycles. The summed E-state index contributed by atoms with van der Waals surface area (Å²) < 4.78 is 11.0. The lowest BCUT2D eigenvalue weighted by atomic mass is 10.1. The third-order valence-corrected chi connectivity index (χ3v) is 4.30. The molecule has 6 nitrogen and oxygen atoms in total. The topological polar surface area (TPSA) is 77.2 Å². The van der Waals surface area contributed by atoms with Crippen molar-refractivity contribution in [3.05, 3.63) is 78.2 Å². The maximum atomic E-state index is 13.0. The van der Waals surface area contributed by atoms with Crippen LogP contribution in [0.4, 0.5) is 0 Å². The summed E-state index contributed by atoms with van der Waals surface area (Å²) in [5, 5.41) is 3.75. The van der Waals surface area contributed by atoms with Crippen molar-refractivity contribution in [1.82, 2.24) is 15.3 Å². The van der Waals surface area contributed by atoms with Crippen molar-refractivity contribution in [2.75, 3.05) is 6.61 Å². The Morgan fingerprint density at radius 1 is 1.14 bits per heavy atom. The van der Waals surface area contributed by atoms with Crippen molar-refractivity contribution in [1.29, 1.82) is 0 Å². The molecule has 0 atom stereocenters. The van der Waals surface area contributed by atoms with E-state index in [-0.39, 0.29) is 5.91 Å². The number of furan rings is 1. The van der Waals surface area contributed by atoms with Gasteiger partial charge in [-0.1, -0.05) is 24.3 Å². The van der Waals surface area contributed by atoms with Gasteiger partial charge in [-0.2, -0.15) is 0 Å². The van der Waals surface area contributed by atoms with Crippen molar-refractivity contribution >= 4 is 16.8 Å². The summed E-state index contributed by atoms with van der Waals surface area (Å²) in [5.74, 6) is 0.949. The standard InChI is InChI=1S/C22H19N3O3/c1-2-27-22-15(7-5-11-23-22)14-24-21(26)17-13-19(20-10-6-12-28-20)25-18-9-4-3-8-16(17)18/h3-13H,2,14H2,1H3,(H,24,26). The van der Waals surface area contributed by atoms with Gasteiger partial charge in [0.05, 0.1) is 24.0 Å². The Labute approximate surface area is 162 Å². The number of carbonyl (C=O) groups excluding carboxylic acids is 1. The van der Waals surface area contributed by atoms with E-state index in [4.69, 9.17) is 9.15 Å². The minimum Gasteiger partial charge on any atom is -0.478 e. The fraction of sp³-hybridized carbons (Fsp3) is 0.136. The van der Waals surface area contributed by atoms with Gasteiger partial charge in [0.15, 0.2) is 5.76 Å². The molecule has 0 fully saturated rings. The second kappa shape index (κ2) is 7.92. The van der Waals surface area contributed by atoms with Gasteiger partial charge >= 0.3 is 0 Å². The van der Waals surface area contributed by atoms with Gasteiger partial charge in [-0.25, -0.2) is 9.97 Å². The summed E-state index contributed by atoms with van der Waals surface area (Å²) in [7, 11) is 0. The fourth-order valence-electron chi connectivity index (χ4n) is 3.01. The number of aromatic nitrogens is 2. The molecule has 0 radical (unpaired) electrons. The largest absolute Gasteiger partial charge is 0.478 e. The Morgan fingerprint density at radius 2 is 2.04 bits per heavy atom. The minimum atomic E-state index is -0.197. The molecule has 6 heteroatoms. The maximum absolute atomic E-state index is 13.0. The molecule has 28 heavy (non-hydrogen) atoms. The molecule has 4 rings (SSSR count). The molecule has 0 bridgehead atoms. The average Bonchev–Trinajstić information content (AvgIpc) is 3.27. The van der Waals surface area contributed by atoms with Crippen molar-refractivity contribution < 1.29 is 13.9 Å². The predicted molar refractivity (Wildman–Crippen MR) is 106 cm³/mol. The van der Waals surface area contributed by atoms with Gasteiger partial charge in [0, 0.05) is 23.7 Å². The Kier molecular flexibility index (Phi) is 5.01. The van der Waals surface area contributed by atoms with Crippen molar-refractivity contribution in [2.24, 2.45) is 0 Å².